The van der Waals surface area contributed by atoms with Gasteiger partial charge in [-0.05, 0) is 17.9 Å². The molecule has 0 bridgehead atoms. The second-order valence-corrected chi connectivity index (χ2v) is 5.57. The molecule has 78 valence electrons. The molecular weight excluding hydrogens is 194 g/mol. The molecule has 0 saturated heterocycles. The van der Waals surface area contributed by atoms with Crippen molar-refractivity contribution in [2.75, 3.05) is 0 Å². The Morgan fingerprint density at radius 1 is 1.64 bits per heavy atom. The molecule has 0 aromatic carbocycles. The maximum absolute atomic E-state index is 5.92. The van der Waals surface area contributed by atoms with Crippen LogP contribution < -0.4 is 5.73 Å². The lowest BCUT2D eigenvalue weighted by molar-refractivity contribution is -0.114. The number of thiophene rings is 1. The quantitative estimate of drug-likeness (QED) is 0.833. The number of hydrogen-bond donors (Lipinski definition) is 1. The van der Waals surface area contributed by atoms with Gasteiger partial charge in [0, 0.05) is 16.3 Å². The molecule has 1 aliphatic carbocycles. The van der Waals surface area contributed by atoms with E-state index in [4.69, 9.17) is 10.5 Å². The highest BCUT2D eigenvalue weighted by atomic mass is 32.1. The molecule has 0 aliphatic heterocycles. The van der Waals surface area contributed by atoms with Gasteiger partial charge < -0.3 is 10.5 Å². The Bertz CT molecular complexity index is 294. The molecule has 2 unspecified atom stereocenters. The molecule has 2 nitrogen and oxygen atoms in total. The molecule has 1 fully saturated rings. The monoisotopic (exact) mass is 211 g/mol. The van der Waals surface area contributed by atoms with Crippen LogP contribution in [0.25, 0.3) is 0 Å². The topological polar surface area (TPSA) is 35.2 Å². The Kier molecular flexibility index (Phi) is 2.64. The minimum absolute atomic E-state index is 0.150. The average Bonchev–Trinajstić information content (AvgIpc) is 2.64. The summed E-state index contributed by atoms with van der Waals surface area (Å²) in [4.78, 5) is 1.29. The van der Waals surface area contributed by atoms with Gasteiger partial charge in [-0.25, -0.2) is 0 Å². The molecule has 2 N–H and O–H groups in total. The average molecular weight is 211 g/mol. The van der Waals surface area contributed by atoms with E-state index in [9.17, 15) is 0 Å². The minimum atomic E-state index is 0.150. The van der Waals surface area contributed by atoms with Gasteiger partial charge in [-0.15, -0.1) is 11.3 Å². The number of rotatable bonds is 3. The van der Waals surface area contributed by atoms with E-state index >= 15 is 0 Å². The first-order valence-corrected chi connectivity index (χ1v) is 5.88. The fraction of sp³-hybridized carbons (Fsp3) is 0.636. The predicted molar refractivity (Wildman–Crippen MR) is 59.3 cm³/mol. The smallest absolute Gasteiger partial charge is 0.0813 e. The van der Waals surface area contributed by atoms with Crippen molar-refractivity contribution in [1.29, 1.82) is 0 Å². The van der Waals surface area contributed by atoms with Crippen LogP contribution in [0.3, 0.4) is 0 Å². The van der Waals surface area contributed by atoms with E-state index in [1.807, 2.05) is 0 Å². The molecule has 1 heterocycles. The standard InChI is InChI=1S/C11H17NOS/c1-11(2)9(12)6-10(11)13-7-8-4-3-5-14-8/h3-5,9-10H,6-7,12H2,1-2H3. The van der Waals surface area contributed by atoms with Gasteiger partial charge in [0.2, 0.25) is 0 Å². The fourth-order valence-corrected chi connectivity index (χ4v) is 2.40. The second-order valence-electron chi connectivity index (χ2n) is 4.54. The van der Waals surface area contributed by atoms with Gasteiger partial charge >= 0.3 is 0 Å². The van der Waals surface area contributed by atoms with Crippen molar-refractivity contribution in [2.45, 2.75) is 39.0 Å². The van der Waals surface area contributed by atoms with Crippen LogP contribution in [0.1, 0.15) is 25.1 Å². The lowest BCUT2D eigenvalue weighted by Crippen LogP contribution is -2.58. The minimum Gasteiger partial charge on any atom is -0.372 e. The van der Waals surface area contributed by atoms with E-state index in [1.165, 1.54) is 4.88 Å². The zero-order chi connectivity index (χ0) is 10.2. The van der Waals surface area contributed by atoms with Crippen molar-refractivity contribution in [3.63, 3.8) is 0 Å². The van der Waals surface area contributed by atoms with Crippen LogP contribution in [0.2, 0.25) is 0 Å². The molecule has 0 amide bonds. The third-order valence-corrected chi connectivity index (χ3v) is 4.11. The van der Waals surface area contributed by atoms with Crippen molar-refractivity contribution in [2.24, 2.45) is 11.1 Å². The van der Waals surface area contributed by atoms with E-state index < -0.39 is 0 Å². The summed E-state index contributed by atoms with van der Waals surface area (Å²) >= 11 is 1.74. The summed E-state index contributed by atoms with van der Waals surface area (Å²) in [5, 5.41) is 2.08. The Hall–Kier alpha value is -0.380. The third-order valence-electron chi connectivity index (χ3n) is 3.26. The lowest BCUT2D eigenvalue weighted by Gasteiger charge is -2.49. The maximum atomic E-state index is 5.92. The molecule has 3 heteroatoms. The van der Waals surface area contributed by atoms with Crippen LogP contribution in [0.5, 0.6) is 0 Å². The first-order valence-electron chi connectivity index (χ1n) is 5.00. The third kappa shape index (κ3) is 1.72. The van der Waals surface area contributed by atoms with Crippen molar-refractivity contribution in [1.82, 2.24) is 0 Å². The van der Waals surface area contributed by atoms with Crippen molar-refractivity contribution >= 4 is 11.3 Å². The summed E-state index contributed by atoms with van der Waals surface area (Å²) in [7, 11) is 0. The lowest BCUT2D eigenvalue weighted by atomic mass is 9.65. The zero-order valence-electron chi connectivity index (χ0n) is 8.69. The summed E-state index contributed by atoms with van der Waals surface area (Å²) in [5.74, 6) is 0. The fourth-order valence-electron chi connectivity index (χ4n) is 1.78. The van der Waals surface area contributed by atoms with Crippen LogP contribution in [-0.4, -0.2) is 12.1 Å². The van der Waals surface area contributed by atoms with E-state index in [0.717, 1.165) is 13.0 Å². The molecule has 0 radical (unpaired) electrons. The maximum Gasteiger partial charge on any atom is 0.0813 e. The SMILES string of the molecule is CC1(C)C(N)CC1OCc1cccs1. The van der Waals surface area contributed by atoms with Crippen molar-refractivity contribution in [3.8, 4) is 0 Å². The van der Waals surface area contributed by atoms with Gasteiger partial charge in [0.05, 0.1) is 12.7 Å². The van der Waals surface area contributed by atoms with Crippen LogP contribution in [0.15, 0.2) is 17.5 Å². The van der Waals surface area contributed by atoms with Gasteiger partial charge in [0.15, 0.2) is 0 Å². The Balaban J connectivity index is 1.83. The first kappa shape index (κ1) is 10.1. The largest absolute Gasteiger partial charge is 0.372 e. The number of ether oxygens (including phenoxy) is 1. The molecule has 1 saturated carbocycles. The molecule has 1 aromatic heterocycles. The van der Waals surface area contributed by atoms with Gasteiger partial charge in [-0.2, -0.15) is 0 Å². The zero-order valence-corrected chi connectivity index (χ0v) is 9.51. The molecule has 2 atom stereocenters. The molecule has 1 aliphatic rings. The summed E-state index contributed by atoms with van der Waals surface area (Å²) in [5.41, 5.74) is 6.07. The molecule has 2 rings (SSSR count). The first-order chi connectivity index (χ1) is 6.60. The Labute approximate surface area is 89.1 Å². The summed E-state index contributed by atoms with van der Waals surface area (Å²) < 4.78 is 5.84. The van der Waals surface area contributed by atoms with Gasteiger partial charge in [0.25, 0.3) is 0 Å². The second kappa shape index (κ2) is 3.65. The van der Waals surface area contributed by atoms with Crippen LogP contribution in [0, 0.1) is 5.41 Å². The normalized spacial score (nSPS) is 29.9. The van der Waals surface area contributed by atoms with Crippen LogP contribution in [0.4, 0.5) is 0 Å². The van der Waals surface area contributed by atoms with Gasteiger partial charge in [-0.1, -0.05) is 19.9 Å². The molecule has 14 heavy (non-hydrogen) atoms. The number of hydrogen-bond acceptors (Lipinski definition) is 3. The predicted octanol–water partition coefficient (Wildman–Crippen LogP) is 2.39. The molecule has 0 spiro atoms. The summed E-state index contributed by atoms with van der Waals surface area (Å²) in [6.45, 7) is 5.10. The summed E-state index contributed by atoms with van der Waals surface area (Å²) in [6.07, 6.45) is 1.33. The van der Waals surface area contributed by atoms with Gasteiger partial charge in [-0.3, -0.25) is 0 Å². The van der Waals surface area contributed by atoms with E-state index in [-0.39, 0.29) is 5.41 Å². The Morgan fingerprint density at radius 2 is 2.43 bits per heavy atom. The van der Waals surface area contributed by atoms with Crippen molar-refractivity contribution < 1.29 is 4.74 Å². The van der Waals surface area contributed by atoms with E-state index in [1.54, 1.807) is 11.3 Å². The highest BCUT2D eigenvalue weighted by Gasteiger charge is 2.46. The highest BCUT2D eigenvalue weighted by Crippen LogP contribution is 2.41. The van der Waals surface area contributed by atoms with E-state index in [2.05, 4.69) is 31.4 Å². The highest BCUT2D eigenvalue weighted by molar-refractivity contribution is 7.09. The van der Waals surface area contributed by atoms with Crippen LogP contribution in [-0.2, 0) is 11.3 Å². The summed E-state index contributed by atoms with van der Waals surface area (Å²) in [6, 6.07) is 4.47. The Morgan fingerprint density at radius 3 is 2.93 bits per heavy atom. The molecular formula is C11H17NOS. The molecule has 1 aromatic rings. The van der Waals surface area contributed by atoms with E-state index in [0.29, 0.717) is 12.1 Å². The van der Waals surface area contributed by atoms with Crippen molar-refractivity contribution in [3.05, 3.63) is 22.4 Å². The van der Waals surface area contributed by atoms with Crippen LogP contribution >= 0.6 is 11.3 Å². The number of nitrogens with two attached hydrogens (primary N) is 1. The van der Waals surface area contributed by atoms with Gasteiger partial charge in [0.1, 0.15) is 0 Å².